The molecule has 0 fully saturated rings. The summed E-state index contributed by atoms with van der Waals surface area (Å²) in [7, 11) is -3.55. The predicted molar refractivity (Wildman–Crippen MR) is 78.7 cm³/mol. The number of hydrogen-bond acceptors (Lipinski definition) is 3. The summed E-state index contributed by atoms with van der Waals surface area (Å²) in [6.45, 7) is 2.84. The molecule has 0 bridgehead atoms. The van der Waals surface area contributed by atoms with Crippen molar-refractivity contribution in [2.45, 2.75) is 44.0 Å². The third-order valence-corrected chi connectivity index (χ3v) is 4.79. The Balaban J connectivity index is 2.71. The van der Waals surface area contributed by atoms with Crippen molar-refractivity contribution >= 4 is 21.6 Å². The van der Waals surface area contributed by atoms with Crippen molar-refractivity contribution in [2.24, 2.45) is 5.73 Å². The maximum atomic E-state index is 12.1. The molecule has 0 aliphatic heterocycles. The first-order valence-electron chi connectivity index (χ1n) is 6.49. The van der Waals surface area contributed by atoms with Gasteiger partial charge in [-0.1, -0.05) is 43.9 Å². The van der Waals surface area contributed by atoms with Crippen molar-refractivity contribution in [3.63, 3.8) is 0 Å². The van der Waals surface area contributed by atoms with Gasteiger partial charge in [0.2, 0.25) is 10.0 Å². The van der Waals surface area contributed by atoms with E-state index in [0.717, 1.165) is 31.2 Å². The van der Waals surface area contributed by atoms with Gasteiger partial charge < -0.3 is 5.73 Å². The largest absolute Gasteiger partial charge is 0.326 e. The van der Waals surface area contributed by atoms with Crippen molar-refractivity contribution in [3.8, 4) is 0 Å². The molecule has 0 heterocycles. The Labute approximate surface area is 120 Å². The number of rotatable bonds is 8. The Bertz CT molecular complexity index is 503. The lowest BCUT2D eigenvalue weighted by atomic mass is 10.2. The summed E-state index contributed by atoms with van der Waals surface area (Å²) < 4.78 is 26.8. The summed E-state index contributed by atoms with van der Waals surface area (Å²) in [4.78, 5) is 0.104. The highest BCUT2D eigenvalue weighted by Crippen LogP contribution is 2.22. The molecule has 0 spiro atoms. The number of nitrogens with one attached hydrogen (secondary N) is 1. The monoisotopic (exact) mass is 304 g/mol. The molecule has 0 aliphatic carbocycles. The zero-order valence-electron chi connectivity index (χ0n) is 11.2. The number of halogens is 1. The van der Waals surface area contributed by atoms with E-state index in [2.05, 4.69) is 11.6 Å². The first-order chi connectivity index (χ1) is 9.01. The van der Waals surface area contributed by atoms with Crippen molar-refractivity contribution < 1.29 is 8.42 Å². The molecule has 0 unspecified atom stereocenters. The summed E-state index contributed by atoms with van der Waals surface area (Å²) in [5.74, 6) is 0. The van der Waals surface area contributed by atoms with E-state index in [-0.39, 0.29) is 16.5 Å². The fourth-order valence-corrected chi connectivity index (χ4v) is 3.34. The van der Waals surface area contributed by atoms with Crippen LogP contribution in [0.5, 0.6) is 0 Å². The van der Waals surface area contributed by atoms with Crippen LogP contribution in [0.15, 0.2) is 23.1 Å². The second kappa shape index (κ2) is 7.85. The molecule has 0 aromatic heterocycles. The van der Waals surface area contributed by atoms with Gasteiger partial charge >= 0.3 is 0 Å². The molecule has 0 aliphatic rings. The number of sulfonamides is 1. The topological polar surface area (TPSA) is 72.2 Å². The summed E-state index contributed by atoms with van der Waals surface area (Å²) >= 11 is 5.94. The molecule has 3 N–H and O–H groups in total. The molecule has 0 saturated heterocycles. The zero-order chi connectivity index (χ0) is 14.3. The Morgan fingerprint density at radius 3 is 2.63 bits per heavy atom. The molecule has 0 amide bonds. The van der Waals surface area contributed by atoms with Crippen molar-refractivity contribution in [3.05, 3.63) is 28.8 Å². The third kappa shape index (κ3) is 5.10. The van der Waals surface area contributed by atoms with E-state index < -0.39 is 10.0 Å². The van der Waals surface area contributed by atoms with Crippen LogP contribution in [0.3, 0.4) is 0 Å². The van der Waals surface area contributed by atoms with E-state index in [9.17, 15) is 8.42 Å². The maximum Gasteiger partial charge on any atom is 0.242 e. The Hall–Kier alpha value is -0.620. The Morgan fingerprint density at radius 2 is 2.00 bits per heavy atom. The molecule has 108 valence electrons. The predicted octanol–water partition coefficient (Wildman–Crippen LogP) is 2.66. The number of unbranched alkanes of at least 4 members (excludes halogenated alkanes) is 3. The lowest BCUT2D eigenvalue weighted by molar-refractivity contribution is 0.573. The molecule has 0 radical (unpaired) electrons. The second-order valence-corrected chi connectivity index (χ2v) is 6.57. The Morgan fingerprint density at radius 1 is 1.26 bits per heavy atom. The first kappa shape index (κ1) is 16.4. The molecule has 1 aromatic carbocycles. The van der Waals surface area contributed by atoms with Gasteiger partial charge in [-0.25, -0.2) is 13.1 Å². The minimum Gasteiger partial charge on any atom is -0.326 e. The quantitative estimate of drug-likeness (QED) is 0.725. The van der Waals surface area contributed by atoms with Gasteiger partial charge in [0.25, 0.3) is 0 Å². The molecular formula is C13H21ClN2O2S. The van der Waals surface area contributed by atoms with Crippen LogP contribution >= 0.6 is 11.6 Å². The zero-order valence-corrected chi connectivity index (χ0v) is 12.7. The van der Waals surface area contributed by atoms with Gasteiger partial charge in [-0.3, -0.25) is 0 Å². The van der Waals surface area contributed by atoms with Crippen LogP contribution in [0.4, 0.5) is 0 Å². The molecule has 1 aromatic rings. The summed E-state index contributed by atoms with van der Waals surface area (Å²) in [5.41, 5.74) is 6.25. The molecule has 1 rings (SSSR count). The van der Waals surface area contributed by atoms with E-state index in [1.54, 1.807) is 12.1 Å². The minimum atomic E-state index is -3.55. The Kier molecular flexibility index (Phi) is 6.79. The second-order valence-electron chi connectivity index (χ2n) is 4.43. The van der Waals surface area contributed by atoms with Crippen LogP contribution < -0.4 is 10.5 Å². The lowest BCUT2D eigenvalue weighted by Gasteiger charge is -2.09. The van der Waals surface area contributed by atoms with E-state index >= 15 is 0 Å². The SMILES string of the molecule is CCCCCCNS(=O)(=O)c1cc(CN)ccc1Cl. The normalized spacial score (nSPS) is 11.7. The van der Waals surface area contributed by atoms with Crippen LogP contribution in [0, 0.1) is 0 Å². The molecule has 0 saturated carbocycles. The van der Waals surface area contributed by atoms with Crippen LogP contribution in [0.25, 0.3) is 0 Å². The average molecular weight is 305 g/mol. The van der Waals surface area contributed by atoms with Crippen molar-refractivity contribution in [2.75, 3.05) is 6.54 Å². The molecule has 4 nitrogen and oxygen atoms in total. The number of hydrogen-bond donors (Lipinski definition) is 2. The van der Waals surface area contributed by atoms with Crippen LogP contribution in [0.1, 0.15) is 38.2 Å². The van der Waals surface area contributed by atoms with Gasteiger partial charge in [-0.05, 0) is 24.1 Å². The summed E-state index contributed by atoms with van der Waals surface area (Å²) in [5, 5.41) is 0.221. The highest BCUT2D eigenvalue weighted by molar-refractivity contribution is 7.89. The average Bonchev–Trinajstić information content (AvgIpc) is 2.39. The van der Waals surface area contributed by atoms with Gasteiger partial charge in [0.15, 0.2) is 0 Å². The molecule has 0 atom stereocenters. The van der Waals surface area contributed by atoms with Crippen molar-refractivity contribution in [1.29, 1.82) is 0 Å². The summed E-state index contributed by atoms with van der Waals surface area (Å²) in [6.07, 6.45) is 4.10. The number of benzene rings is 1. The summed E-state index contributed by atoms with van der Waals surface area (Å²) in [6, 6.07) is 4.81. The van der Waals surface area contributed by atoms with Gasteiger partial charge in [-0.15, -0.1) is 0 Å². The van der Waals surface area contributed by atoms with Gasteiger partial charge in [0.05, 0.1) is 5.02 Å². The van der Waals surface area contributed by atoms with Crippen LogP contribution in [0.2, 0.25) is 5.02 Å². The lowest BCUT2D eigenvalue weighted by Crippen LogP contribution is -2.25. The van der Waals surface area contributed by atoms with Gasteiger partial charge in [0, 0.05) is 13.1 Å². The van der Waals surface area contributed by atoms with Crippen LogP contribution in [-0.4, -0.2) is 15.0 Å². The van der Waals surface area contributed by atoms with Crippen molar-refractivity contribution in [1.82, 2.24) is 4.72 Å². The van der Waals surface area contributed by atoms with E-state index in [1.165, 1.54) is 6.07 Å². The van der Waals surface area contributed by atoms with E-state index in [4.69, 9.17) is 17.3 Å². The third-order valence-electron chi connectivity index (χ3n) is 2.84. The van der Waals surface area contributed by atoms with Gasteiger partial charge in [-0.2, -0.15) is 0 Å². The maximum absolute atomic E-state index is 12.1. The fraction of sp³-hybridized carbons (Fsp3) is 0.538. The fourth-order valence-electron chi connectivity index (χ4n) is 1.72. The van der Waals surface area contributed by atoms with Crippen LogP contribution in [-0.2, 0) is 16.6 Å². The highest BCUT2D eigenvalue weighted by atomic mass is 35.5. The molecule has 19 heavy (non-hydrogen) atoms. The minimum absolute atomic E-state index is 0.104. The molecule has 6 heteroatoms. The highest BCUT2D eigenvalue weighted by Gasteiger charge is 2.17. The smallest absolute Gasteiger partial charge is 0.242 e. The van der Waals surface area contributed by atoms with E-state index in [0.29, 0.717) is 6.54 Å². The number of nitrogens with two attached hydrogens (primary N) is 1. The van der Waals surface area contributed by atoms with E-state index in [1.807, 2.05) is 0 Å². The van der Waals surface area contributed by atoms with Gasteiger partial charge in [0.1, 0.15) is 4.90 Å². The molecular weight excluding hydrogens is 284 g/mol. The first-order valence-corrected chi connectivity index (χ1v) is 8.35. The standard InChI is InChI=1S/C13H21ClN2O2S/c1-2-3-4-5-8-16-19(17,18)13-9-11(10-15)6-7-12(13)14/h6-7,9,16H,2-5,8,10,15H2,1H3.